The van der Waals surface area contributed by atoms with Gasteiger partial charge in [-0.1, -0.05) is 32.1 Å². The second kappa shape index (κ2) is 6.75. The second-order valence-corrected chi connectivity index (χ2v) is 7.54. The molecule has 5 heteroatoms. The van der Waals surface area contributed by atoms with Crippen molar-refractivity contribution < 1.29 is 14.6 Å². The zero-order valence-electron chi connectivity index (χ0n) is 13.5. The fourth-order valence-electron chi connectivity index (χ4n) is 4.39. The van der Waals surface area contributed by atoms with E-state index < -0.39 is 5.60 Å². The van der Waals surface area contributed by atoms with E-state index in [0.29, 0.717) is 6.54 Å². The minimum absolute atomic E-state index is 0.0120. The molecule has 2 aliphatic carbocycles. The molecule has 0 aromatic rings. The third kappa shape index (κ3) is 3.93. The maximum Gasteiger partial charge on any atom is 0.315 e. The van der Waals surface area contributed by atoms with Gasteiger partial charge in [0, 0.05) is 19.2 Å². The Morgan fingerprint density at radius 1 is 1.09 bits per heavy atom. The van der Waals surface area contributed by atoms with Crippen molar-refractivity contribution in [2.45, 2.75) is 87.9 Å². The molecule has 3 N–H and O–H groups in total. The second-order valence-electron chi connectivity index (χ2n) is 7.54. The largest absolute Gasteiger partial charge is 0.388 e. The molecule has 1 saturated heterocycles. The van der Waals surface area contributed by atoms with E-state index >= 15 is 0 Å². The van der Waals surface area contributed by atoms with Crippen molar-refractivity contribution in [3.63, 3.8) is 0 Å². The van der Waals surface area contributed by atoms with E-state index in [9.17, 15) is 9.90 Å². The molecule has 5 nitrogen and oxygen atoms in total. The summed E-state index contributed by atoms with van der Waals surface area (Å²) in [7, 11) is 0. The maximum atomic E-state index is 12.1. The number of hydrogen-bond donors (Lipinski definition) is 3. The Balaban J connectivity index is 1.44. The predicted octanol–water partition coefficient (Wildman–Crippen LogP) is 2.47. The van der Waals surface area contributed by atoms with Gasteiger partial charge in [-0.15, -0.1) is 0 Å². The minimum atomic E-state index is -0.683. The lowest BCUT2D eigenvalue weighted by Gasteiger charge is -2.43. The van der Waals surface area contributed by atoms with Gasteiger partial charge < -0.3 is 20.5 Å². The molecular weight excluding hydrogens is 280 g/mol. The molecule has 0 bridgehead atoms. The summed E-state index contributed by atoms with van der Waals surface area (Å²) in [6.07, 6.45) is 11.6. The molecule has 22 heavy (non-hydrogen) atoms. The number of aliphatic hydroxyl groups is 1. The van der Waals surface area contributed by atoms with E-state index in [-0.39, 0.29) is 17.7 Å². The smallest absolute Gasteiger partial charge is 0.315 e. The summed E-state index contributed by atoms with van der Waals surface area (Å²) in [6, 6.07) is 0.0586. The molecule has 3 aliphatic rings. The molecule has 1 spiro atoms. The quantitative estimate of drug-likeness (QED) is 0.750. The van der Waals surface area contributed by atoms with Crippen LogP contribution in [0.5, 0.6) is 0 Å². The Kier molecular flexibility index (Phi) is 4.93. The van der Waals surface area contributed by atoms with Crippen molar-refractivity contribution in [3.05, 3.63) is 0 Å². The van der Waals surface area contributed by atoms with Gasteiger partial charge in [-0.25, -0.2) is 4.79 Å². The summed E-state index contributed by atoms with van der Waals surface area (Å²) in [5.41, 5.74) is -0.671. The number of urea groups is 1. The minimum Gasteiger partial charge on any atom is -0.388 e. The number of carbonyl (C=O) groups excluding carboxylic acids is 1. The zero-order chi connectivity index (χ0) is 15.5. The van der Waals surface area contributed by atoms with Crippen LogP contribution >= 0.6 is 0 Å². The highest BCUT2D eigenvalue weighted by atomic mass is 16.5. The Bertz CT molecular complexity index is 382. The van der Waals surface area contributed by atoms with Crippen molar-refractivity contribution in [2.75, 3.05) is 13.2 Å². The van der Waals surface area contributed by atoms with Gasteiger partial charge in [0.15, 0.2) is 0 Å². The zero-order valence-corrected chi connectivity index (χ0v) is 13.5. The average molecular weight is 310 g/mol. The summed E-state index contributed by atoms with van der Waals surface area (Å²) < 4.78 is 6.06. The van der Waals surface area contributed by atoms with E-state index in [0.717, 1.165) is 58.0 Å². The highest BCUT2D eigenvalue weighted by Gasteiger charge is 2.39. The van der Waals surface area contributed by atoms with Crippen LogP contribution in [0, 0.1) is 0 Å². The summed E-state index contributed by atoms with van der Waals surface area (Å²) in [4.78, 5) is 12.1. The molecule has 2 saturated carbocycles. The molecule has 126 valence electrons. The highest BCUT2D eigenvalue weighted by Crippen LogP contribution is 2.38. The first-order valence-corrected chi connectivity index (χ1v) is 9.00. The lowest BCUT2D eigenvalue weighted by Crippen LogP contribution is -2.53. The van der Waals surface area contributed by atoms with Crippen molar-refractivity contribution >= 4 is 6.03 Å². The average Bonchev–Trinajstić information content (AvgIpc) is 2.94. The Morgan fingerprint density at radius 3 is 2.50 bits per heavy atom. The van der Waals surface area contributed by atoms with Crippen molar-refractivity contribution in [2.24, 2.45) is 0 Å². The molecule has 0 aromatic carbocycles. The number of ether oxygens (including phenoxy) is 1. The summed E-state index contributed by atoms with van der Waals surface area (Å²) in [5, 5.41) is 16.2. The molecule has 3 fully saturated rings. The van der Waals surface area contributed by atoms with Gasteiger partial charge in [0.05, 0.1) is 11.2 Å². The molecule has 1 heterocycles. The van der Waals surface area contributed by atoms with Crippen LogP contribution in [0.2, 0.25) is 0 Å². The van der Waals surface area contributed by atoms with Crippen molar-refractivity contribution in [1.82, 2.24) is 10.6 Å². The van der Waals surface area contributed by atoms with Crippen LogP contribution in [-0.4, -0.2) is 41.5 Å². The van der Waals surface area contributed by atoms with Crippen LogP contribution in [0.4, 0.5) is 4.79 Å². The molecule has 3 rings (SSSR count). The monoisotopic (exact) mass is 310 g/mol. The van der Waals surface area contributed by atoms with E-state index in [1.54, 1.807) is 0 Å². The number of amides is 2. The van der Waals surface area contributed by atoms with Crippen LogP contribution < -0.4 is 10.6 Å². The topological polar surface area (TPSA) is 70.6 Å². The van der Waals surface area contributed by atoms with Crippen LogP contribution in [0.25, 0.3) is 0 Å². The summed E-state index contributed by atoms with van der Waals surface area (Å²) in [5.74, 6) is 0. The van der Waals surface area contributed by atoms with Crippen LogP contribution in [0.1, 0.15) is 70.6 Å². The molecule has 1 atom stereocenters. The highest BCUT2D eigenvalue weighted by molar-refractivity contribution is 5.74. The Hall–Kier alpha value is -0.810. The van der Waals surface area contributed by atoms with Crippen molar-refractivity contribution in [1.29, 1.82) is 0 Å². The van der Waals surface area contributed by atoms with E-state index in [1.165, 1.54) is 19.3 Å². The molecule has 1 aliphatic heterocycles. The number of hydrogen-bond acceptors (Lipinski definition) is 3. The lowest BCUT2D eigenvalue weighted by molar-refractivity contribution is -0.107. The third-order valence-electron chi connectivity index (χ3n) is 5.71. The first-order valence-electron chi connectivity index (χ1n) is 9.00. The predicted molar refractivity (Wildman–Crippen MR) is 84.7 cm³/mol. The SMILES string of the molecule is O=C(NCC1(O)CCCC1)NC1CCOC2(CCCCC2)C1. The number of rotatable bonds is 3. The van der Waals surface area contributed by atoms with E-state index in [2.05, 4.69) is 10.6 Å². The van der Waals surface area contributed by atoms with Gasteiger partial charge in [-0.2, -0.15) is 0 Å². The van der Waals surface area contributed by atoms with Gasteiger partial charge in [-0.05, 0) is 38.5 Å². The van der Waals surface area contributed by atoms with Gasteiger partial charge in [0.1, 0.15) is 0 Å². The standard InChI is InChI=1S/C17H30N2O3/c20-15(18-13-16(21)7-4-5-8-16)19-14-6-11-22-17(12-14)9-2-1-3-10-17/h14,21H,1-13H2,(H2,18,19,20). The number of carbonyl (C=O) groups is 1. The maximum absolute atomic E-state index is 12.1. The van der Waals surface area contributed by atoms with Crippen LogP contribution in [0.3, 0.4) is 0 Å². The summed E-state index contributed by atoms with van der Waals surface area (Å²) >= 11 is 0. The fourth-order valence-corrected chi connectivity index (χ4v) is 4.39. The van der Waals surface area contributed by atoms with Crippen molar-refractivity contribution in [3.8, 4) is 0 Å². The lowest BCUT2D eigenvalue weighted by atomic mass is 9.78. The molecule has 1 unspecified atom stereocenters. The third-order valence-corrected chi connectivity index (χ3v) is 5.71. The van der Waals surface area contributed by atoms with E-state index in [1.807, 2.05) is 0 Å². The Labute approximate surface area is 133 Å². The van der Waals surface area contributed by atoms with E-state index in [4.69, 9.17) is 4.74 Å². The summed E-state index contributed by atoms with van der Waals surface area (Å²) in [6.45, 7) is 1.11. The molecule has 2 amide bonds. The van der Waals surface area contributed by atoms with Crippen LogP contribution in [-0.2, 0) is 4.74 Å². The molecule has 0 aromatic heterocycles. The first-order chi connectivity index (χ1) is 10.6. The molecular formula is C17H30N2O3. The molecule has 0 radical (unpaired) electrons. The first kappa shape index (κ1) is 16.1. The normalized spacial score (nSPS) is 30.1. The fraction of sp³-hybridized carbons (Fsp3) is 0.941. The van der Waals surface area contributed by atoms with Crippen LogP contribution in [0.15, 0.2) is 0 Å². The van der Waals surface area contributed by atoms with Gasteiger partial charge >= 0.3 is 6.03 Å². The van der Waals surface area contributed by atoms with Gasteiger partial charge in [0.2, 0.25) is 0 Å². The van der Waals surface area contributed by atoms with Gasteiger partial charge in [0.25, 0.3) is 0 Å². The Morgan fingerprint density at radius 2 is 1.77 bits per heavy atom. The number of nitrogens with one attached hydrogen (secondary N) is 2. The van der Waals surface area contributed by atoms with Gasteiger partial charge in [-0.3, -0.25) is 0 Å².